The van der Waals surface area contributed by atoms with Crippen molar-refractivity contribution >= 4 is 0 Å². The third-order valence-electron chi connectivity index (χ3n) is 0.1000. The summed E-state index contributed by atoms with van der Waals surface area (Å²) in [7, 11) is 0. The molecule has 0 radical (unpaired) electrons. The van der Waals surface area contributed by atoms with E-state index < -0.39 is 0 Å². The van der Waals surface area contributed by atoms with Gasteiger partial charge in [-0.3, -0.25) is 0 Å². The summed E-state index contributed by atoms with van der Waals surface area (Å²) >= 11 is 0. The number of hydrogen-bond donors (Lipinski definition) is 3. The second kappa shape index (κ2) is 55.0. The normalized spacial score (nSPS) is 5.55. The summed E-state index contributed by atoms with van der Waals surface area (Å²) in [5.74, 6) is 0. The minimum absolute atomic E-state index is 0. The van der Waals surface area contributed by atoms with Crippen molar-refractivity contribution in [3.8, 4) is 0 Å². The number of hydrogen-bond acceptors (Lipinski definition) is 3. The minimum Gasteiger partial charge on any atom is -0.412 e. The minimum atomic E-state index is -0.125. The molecule has 5 N–H and O–H groups in total. The van der Waals surface area contributed by atoms with Crippen molar-refractivity contribution in [3.05, 3.63) is 12.7 Å². The molecule has 0 bridgehead atoms. The molecule has 72 valence electrons. The smallest absolute Gasteiger partial charge is 0.0662 e. The first kappa shape index (κ1) is 22.4. The van der Waals surface area contributed by atoms with Crippen LogP contribution in [0, 0.1) is 0 Å². The van der Waals surface area contributed by atoms with Crippen LogP contribution < -0.4 is 0 Å². The van der Waals surface area contributed by atoms with Crippen LogP contribution in [0.3, 0.4) is 0 Å². The van der Waals surface area contributed by atoms with E-state index in [-0.39, 0.29) is 25.3 Å². The molecular weight excluding hydrogens is 148 g/mol. The highest BCUT2D eigenvalue weighted by molar-refractivity contribution is 4.51. The Kier molecular flexibility index (Phi) is 112. The van der Waals surface area contributed by atoms with Crippen LogP contribution in [0.5, 0.6) is 0 Å². The standard InChI is InChI=1S/C3H6.C2H6O2.C2H6O.H2O/c1-3-2;3-1-2-4;1-2-3;/h3H,1H2,2H3;3-4H,1-2H2;3H,2H2,1H3;1H2. The topological polar surface area (TPSA) is 92.2 Å². The van der Waals surface area contributed by atoms with Gasteiger partial charge >= 0.3 is 0 Å². The van der Waals surface area contributed by atoms with Crippen molar-refractivity contribution in [2.75, 3.05) is 19.8 Å². The van der Waals surface area contributed by atoms with Gasteiger partial charge < -0.3 is 20.8 Å². The van der Waals surface area contributed by atoms with Crippen molar-refractivity contribution in [2.45, 2.75) is 13.8 Å². The van der Waals surface area contributed by atoms with Crippen LogP contribution in [-0.4, -0.2) is 40.6 Å². The van der Waals surface area contributed by atoms with Gasteiger partial charge in [0, 0.05) is 6.61 Å². The first-order valence-corrected chi connectivity index (χ1v) is 3.14. The molecule has 0 atom stereocenters. The van der Waals surface area contributed by atoms with E-state index in [9.17, 15) is 0 Å². The summed E-state index contributed by atoms with van der Waals surface area (Å²) in [6.07, 6.45) is 1.75. The van der Waals surface area contributed by atoms with Crippen molar-refractivity contribution < 1.29 is 20.8 Å². The summed E-state index contributed by atoms with van der Waals surface area (Å²) in [5, 5.41) is 22.8. The molecule has 0 heterocycles. The molecule has 0 spiro atoms. The van der Waals surface area contributed by atoms with E-state index in [0.717, 1.165) is 0 Å². The number of aliphatic hydroxyl groups is 3. The number of rotatable bonds is 1. The molecular formula is C7H20O4. The third kappa shape index (κ3) is 1640. The molecule has 11 heavy (non-hydrogen) atoms. The summed E-state index contributed by atoms with van der Waals surface area (Å²) < 4.78 is 0. The Hall–Kier alpha value is -0.420. The second-order valence-corrected chi connectivity index (χ2v) is 1.17. The zero-order valence-electron chi connectivity index (χ0n) is 7.25. The highest BCUT2D eigenvalue weighted by Crippen LogP contribution is 1.39. The van der Waals surface area contributed by atoms with Crippen LogP contribution in [0.15, 0.2) is 12.7 Å². The Morgan fingerprint density at radius 1 is 1.18 bits per heavy atom. The molecule has 0 fully saturated rings. The van der Waals surface area contributed by atoms with E-state index in [1.807, 2.05) is 6.92 Å². The van der Waals surface area contributed by atoms with Gasteiger partial charge in [0.05, 0.1) is 13.2 Å². The van der Waals surface area contributed by atoms with Gasteiger partial charge in [0.15, 0.2) is 0 Å². The Balaban J connectivity index is -0.0000000325. The quantitative estimate of drug-likeness (QED) is 0.454. The van der Waals surface area contributed by atoms with Gasteiger partial charge in [0.2, 0.25) is 0 Å². The first-order valence-electron chi connectivity index (χ1n) is 3.14. The average Bonchev–Trinajstić information content (AvgIpc) is 1.91. The number of aliphatic hydroxyl groups excluding tert-OH is 3. The fourth-order valence-corrected chi connectivity index (χ4v) is 0. The van der Waals surface area contributed by atoms with Crippen LogP contribution >= 0.6 is 0 Å². The lowest BCUT2D eigenvalue weighted by atomic mass is 10.8. The van der Waals surface area contributed by atoms with Crippen LogP contribution in [0.25, 0.3) is 0 Å². The summed E-state index contributed by atoms with van der Waals surface area (Å²) in [6.45, 7) is 6.93. The third-order valence-corrected chi connectivity index (χ3v) is 0.1000. The van der Waals surface area contributed by atoms with Gasteiger partial charge in [-0.05, 0) is 13.8 Å². The van der Waals surface area contributed by atoms with Crippen LogP contribution in [0.1, 0.15) is 13.8 Å². The molecule has 4 heteroatoms. The van der Waals surface area contributed by atoms with E-state index in [0.29, 0.717) is 0 Å². The van der Waals surface area contributed by atoms with Gasteiger partial charge in [0.1, 0.15) is 0 Å². The Labute approximate surface area is 68.1 Å². The molecule has 0 saturated heterocycles. The van der Waals surface area contributed by atoms with Gasteiger partial charge in [0.25, 0.3) is 0 Å². The van der Waals surface area contributed by atoms with Crippen LogP contribution in [-0.2, 0) is 0 Å². The van der Waals surface area contributed by atoms with E-state index in [1.165, 1.54) is 0 Å². The van der Waals surface area contributed by atoms with Gasteiger partial charge in [-0.15, -0.1) is 6.58 Å². The van der Waals surface area contributed by atoms with Gasteiger partial charge in [-0.1, -0.05) is 6.08 Å². The molecule has 0 aromatic heterocycles. The zero-order valence-corrected chi connectivity index (χ0v) is 7.25. The highest BCUT2D eigenvalue weighted by Gasteiger charge is 1.58. The van der Waals surface area contributed by atoms with Gasteiger partial charge in [-0.25, -0.2) is 0 Å². The fourth-order valence-electron chi connectivity index (χ4n) is 0. The second-order valence-electron chi connectivity index (χ2n) is 1.17. The summed E-state index contributed by atoms with van der Waals surface area (Å²) in [4.78, 5) is 0. The van der Waals surface area contributed by atoms with E-state index in [4.69, 9.17) is 15.3 Å². The lowest BCUT2D eigenvalue weighted by Gasteiger charge is -1.70. The molecule has 0 saturated carbocycles. The predicted octanol–water partition coefficient (Wildman–Crippen LogP) is -0.663. The molecule has 0 aromatic rings. The predicted molar refractivity (Wildman–Crippen MR) is 46.4 cm³/mol. The van der Waals surface area contributed by atoms with Crippen LogP contribution in [0.4, 0.5) is 0 Å². The average molecular weight is 168 g/mol. The van der Waals surface area contributed by atoms with E-state index in [2.05, 4.69) is 6.58 Å². The number of allylic oxidation sites excluding steroid dienone is 1. The largest absolute Gasteiger partial charge is 0.412 e. The maximum Gasteiger partial charge on any atom is 0.0662 e. The molecule has 0 aliphatic heterocycles. The van der Waals surface area contributed by atoms with Crippen LogP contribution in [0.2, 0.25) is 0 Å². The SMILES string of the molecule is C=CC.CCO.O.OCCO. The Bertz CT molecular complexity index is 37.4. The van der Waals surface area contributed by atoms with Gasteiger partial charge in [-0.2, -0.15) is 0 Å². The fraction of sp³-hybridized carbons (Fsp3) is 0.714. The molecule has 0 aliphatic carbocycles. The Morgan fingerprint density at radius 2 is 1.27 bits per heavy atom. The summed E-state index contributed by atoms with van der Waals surface area (Å²) in [5.41, 5.74) is 0. The summed E-state index contributed by atoms with van der Waals surface area (Å²) in [6, 6.07) is 0. The highest BCUT2D eigenvalue weighted by atomic mass is 16.3. The molecule has 0 unspecified atom stereocenters. The zero-order chi connectivity index (χ0) is 8.83. The van der Waals surface area contributed by atoms with Crippen molar-refractivity contribution in [3.63, 3.8) is 0 Å². The molecule has 0 aliphatic rings. The lowest BCUT2D eigenvalue weighted by Crippen LogP contribution is -1.85. The van der Waals surface area contributed by atoms with E-state index >= 15 is 0 Å². The van der Waals surface area contributed by atoms with Crippen molar-refractivity contribution in [1.29, 1.82) is 0 Å². The Morgan fingerprint density at radius 3 is 1.27 bits per heavy atom. The molecule has 0 amide bonds. The van der Waals surface area contributed by atoms with Crippen molar-refractivity contribution in [1.82, 2.24) is 0 Å². The van der Waals surface area contributed by atoms with E-state index in [1.54, 1.807) is 13.0 Å². The lowest BCUT2D eigenvalue weighted by molar-refractivity contribution is 0.186. The molecule has 0 aromatic carbocycles. The maximum atomic E-state index is 7.62. The molecule has 4 nitrogen and oxygen atoms in total. The maximum absolute atomic E-state index is 7.62. The molecule has 0 rings (SSSR count). The first-order chi connectivity index (χ1) is 4.74. The monoisotopic (exact) mass is 168 g/mol. The van der Waals surface area contributed by atoms with Crippen molar-refractivity contribution in [2.24, 2.45) is 0 Å².